The van der Waals surface area contributed by atoms with Gasteiger partial charge >= 0.3 is 11.9 Å². The first kappa shape index (κ1) is 27.1. The van der Waals surface area contributed by atoms with E-state index >= 15 is 0 Å². The summed E-state index contributed by atoms with van der Waals surface area (Å²) in [6.07, 6.45) is 5.16. The van der Waals surface area contributed by atoms with E-state index in [0.717, 1.165) is 0 Å². The second-order valence-corrected chi connectivity index (χ2v) is 11.5. The summed E-state index contributed by atoms with van der Waals surface area (Å²) in [5, 5.41) is 10.9. The number of carbonyl (C=O) groups excluding carboxylic acids is 2. The highest BCUT2D eigenvalue weighted by Gasteiger charge is 2.32. The molecule has 2 aliphatic rings. The van der Waals surface area contributed by atoms with Gasteiger partial charge in [0.25, 0.3) is 5.69 Å². The van der Waals surface area contributed by atoms with E-state index < -0.39 is 14.9 Å². The van der Waals surface area contributed by atoms with E-state index in [1.165, 1.54) is 28.6 Å². The number of benzene rings is 1. The number of sulfonamides is 1. The summed E-state index contributed by atoms with van der Waals surface area (Å²) in [7, 11) is -3.84. The summed E-state index contributed by atoms with van der Waals surface area (Å²) in [6.45, 7) is 4.28. The Kier molecular flexibility index (Phi) is 9.23. The van der Waals surface area contributed by atoms with E-state index in [4.69, 9.17) is 9.47 Å². The van der Waals surface area contributed by atoms with Gasteiger partial charge in [-0.1, -0.05) is 13.8 Å². The van der Waals surface area contributed by atoms with E-state index in [-0.39, 0.29) is 46.6 Å². The Labute approximate surface area is 206 Å². The molecular weight excluding hydrogens is 476 g/mol. The van der Waals surface area contributed by atoms with Crippen LogP contribution >= 0.6 is 0 Å². The topological polar surface area (TPSA) is 133 Å². The number of hydrogen-bond acceptors (Lipinski definition) is 8. The molecule has 0 saturated carbocycles. The van der Waals surface area contributed by atoms with Crippen molar-refractivity contribution >= 4 is 27.6 Å². The Morgan fingerprint density at radius 2 is 1.34 bits per heavy atom. The molecule has 2 saturated heterocycles. The van der Waals surface area contributed by atoms with Gasteiger partial charge in [0.1, 0.15) is 12.2 Å². The molecule has 0 spiro atoms. The maximum Gasteiger partial charge on any atom is 0.309 e. The minimum atomic E-state index is -3.84. The highest BCUT2D eigenvalue weighted by atomic mass is 32.2. The number of hydrogen-bond donors (Lipinski definition) is 0. The minimum Gasteiger partial charge on any atom is -0.462 e. The molecule has 0 aromatic heterocycles. The first-order valence-corrected chi connectivity index (χ1v) is 13.7. The minimum absolute atomic E-state index is 0.0141. The third-order valence-corrected chi connectivity index (χ3v) is 8.57. The van der Waals surface area contributed by atoms with Crippen LogP contribution in [0.15, 0.2) is 29.2 Å². The molecule has 10 nitrogen and oxygen atoms in total. The first-order chi connectivity index (χ1) is 16.6. The highest BCUT2D eigenvalue weighted by molar-refractivity contribution is 7.89. The van der Waals surface area contributed by atoms with Crippen molar-refractivity contribution in [2.45, 2.75) is 82.3 Å². The van der Waals surface area contributed by atoms with Crippen LogP contribution in [0, 0.1) is 22.0 Å². The SMILES string of the molecule is C[C@@H]1C[C@@H](CCCCN(CCCC[C@@H]2C[C@@H](C)C(=O)O2)S(=O)(=O)c2ccc([N+](=O)[O-])cc2)OC1=O. The molecule has 1 aromatic carbocycles. The van der Waals surface area contributed by atoms with Crippen molar-refractivity contribution in [3.05, 3.63) is 34.4 Å². The highest BCUT2D eigenvalue weighted by Crippen LogP contribution is 2.26. The van der Waals surface area contributed by atoms with Gasteiger partial charge in [0.15, 0.2) is 0 Å². The standard InChI is InChI=1S/C24H34N2O8S/c1-17-15-20(33-23(17)27)7-3-5-13-25(14-6-4-8-21-16-18(2)24(28)34-21)35(31,32)22-11-9-19(10-12-22)26(29)30/h9-12,17-18,20-21H,3-8,13-16H2,1-2H3/t17-,18-,20-,21-/m1/s1. The fraction of sp³-hybridized carbons (Fsp3) is 0.667. The molecule has 35 heavy (non-hydrogen) atoms. The number of ether oxygens (including phenoxy) is 2. The first-order valence-electron chi connectivity index (χ1n) is 12.2. The van der Waals surface area contributed by atoms with Crippen molar-refractivity contribution in [1.82, 2.24) is 4.31 Å². The average molecular weight is 511 g/mol. The third-order valence-electron chi connectivity index (χ3n) is 6.66. The van der Waals surface area contributed by atoms with Gasteiger partial charge in [-0.05, 0) is 63.5 Å². The molecule has 2 aliphatic heterocycles. The second kappa shape index (κ2) is 11.9. The average Bonchev–Trinajstić information content (AvgIpc) is 3.31. The molecule has 0 radical (unpaired) electrons. The van der Waals surface area contributed by atoms with Gasteiger partial charge in [-0.2, -0.15) is 4.31 Å². The zero-order chi connectivity index (χ0) is 25.6. The van der Waals surface area contributed by atoms with Crippen molar-refractivity contribution in [3.63, 3.8) is 0 Å². The van der Waals surface area contributed by atoms with E-state index in [0.29, 0.717) is 64.5 Å². The van der Waals surface area contributed by atoms with Crippen molar-refractivity contribution in [2.75, 3.05) is 13.1 Å². The van der Waals surface area contributed by atoms with E-state index in [1.807, 2.05) is 13.8 Å². The Hall–Kier alpha value is -2.53. The Morgan fingerprint density at radius 1 is 0.886 bits per heavy atom. The van der Waals surface area contributed by atoms with Crippen LogP contribution in [-0.2, 0) is 29.1 Å². The van der Waals surface area contributed by atoms with Crippen LogP contribution in [0.4, 0.5) is 5.69 Å². The number of rotatable bonds is 13. The van der Waals surface area contributed by atoms with E-state index in [2.05, 4.69) is 0 Å². The molecule has 3 rings (SSSR count). The maximum atomic E-state index is 13.3. The number of nitrogens with zero attached hydrogens (tertiary/aromatic N) is 2. The summed E-state index contributed by atoms with van der Waals surface area (Å²) in [6, 6.07) is 4.91. The maximum absolute atomic E-state index is 13.3. The molecule has 4 atom stereocenters. The van der Waals surface area contributed by atoms with Crippen LogP contribution in [0.1, 0.15) is 65.2 Å². The molecule has 11 heteroatoms. The molecular formula is C24H34N2O8S. The second-order valence-electron chi connectivity index (χ2n) is 9.54. The number of nitro groups is 1. The predicted molar refractivity (Wildman–Crippen MR) is 127 cm³/mol. The van der Waals surface area contributed by atoms with Crippen LogP contribution < -0.4 is 0 Å². The number of unbranched alkanes of at least 4 members (excludes halogenated alkanes) is 2. The molecule has 0 unspecified atom stereocenters. The molecule has 0 aliphatic carbocycles. The van der Waals surface area contributed by atoms with Crippen LogP contribution in [0.25, 0.3) is 0 Å². The normalized spacial score (nSPS) is 24.5. The zero-order valence-corrected chi connectivity index (χ0v) is 21.1. The Bertz CT molecular complexity index is 973. The lowest BCUT2D eigenvalue weighted by molar-refractivity contribution is -0.384. The lowest BCUT2D eigenvalue weighted by atomic mass is 10.0. The molecule has 1 aromatic rings. The fourth-order valence-electron chi connectivity index (χ4n) is 4.55. The van der Waals surface area contributed by atoms with Gasteiger partial charge in [0.2, 0.25) is 10.0 Å². The van der Waals surface area contributed by atoms with Crippen LogP contribution in [0.2, 0.25) is 0 Å². The van der Waals surface area contributed by atoms with Crippen LogP contribution in [0.5, 0.6) is 0 Å². The van der Waals surface area contributed by atoms with Gasteiger partial charge < -0.3 is 9.47 Å². The van der Waals surface area contributed by atoms with Crippen molar-refractivity contribution in [2.24, 2.45) is 11.8 Å². The number of carbonyl (C=O) groups is 2. The number of esters is 2. The zero-order valence-electron chi connectivity index (χ0n) is 20.3. The molecule has 0 N–H and O–H groups in total. The predicted octanol–water partition coefficient (Wildman–Crippen LogP) is 3.83. The Balaban J connectivity index is 1.57. The smallest absolute Gasteiger partial charge is 0.309 e. The van der Waals surface area contributed by atoms with E-state index in [9.17, 15) is 28.1 Å². The van der Waals surface area contributed by atoms with Crippen molar-refractivity contribution in [1.29, 1.82) is 0 Å². The molecule has 0 bridgehead atoms. The van der Waals surface area contributed by atoms with Gasteiger partial charge in [-0.15, -0.1) is 0 Å². The molecule has 2 heterocycles. The largest absolute Gasteiger partial charge is 0.462 e. The summed E-state index contributed by atoms with van der Waals surface area (Å²) < 4.78 is 38.7. The molecule has 2 fully saturated rings. The molecule has 194 valence electrons. The van der Waals surface area contributed by atoms with Crippen molar-refractivity contribution < 1.29 is 32.4 Å². The third kappa shape index (κ3) is 7.23. The van der Waals surface area contributed by atoms with Gasteiger partial charge in [-0.3, -0.25) is 19.7 Å². The number of non-ortho nitro benzene ring substituents is 1. The lowest BCUT2D eigenvalue weighted by Gasteiger charge is -2.23. The van der Waals surface area contributed by atoms with Gasteiger partial charge in [0, 0.05) is 25.2 Å². The quantitative estimate of drug-likeness (QED) is 0.169. The summed E-state index contributed by atoms with van der Waals surface area (Å²) >= 11 is 0. The van der Waals surface area contributed by atoms with Gasteiger partial charge in [0.05, 0.1) is 21.7 Å². The summed E-state index contributed by atoms with van der Waals surface area (Å²) in [5.41, 5.74) is -0.170. The van der Waals surface area contributed by atoms with Crippen molar-refractivity contribution in [3.8, 4) is 0 Å². The van der Waals surface area contributed by atoms with Crippen LogP contribution in [-0.4, -0.2) is 54.9 Å². The monoisotopic (exact) mass is 510 g/mol. The summed E-state index contributed by atoms with van der Waals surface area (Å²) in [5.74, 6) is -0.554. The van der Waals surface area contributed by atoms with Crippen LogP contribution in [0.3, 0.4) is 0 Å². The number of cyclic esters (lactones) is 2. The molecule has 0 amide bonds. The number of nitro benzene ring substituents is 1. The van der Waals surface area contributed by atoms with E-state index in [1.54, 1.807) is 0 Å². The summed E-state index contributed by atoms with van der Waals surface area (Å²) in [4.78, 5) is 33.5. The van der Waals surface area contributed by atoms with Gasteiger partial charge in [-0.25, -0.2) is 8.42 Å². The lowest BCUT2D eigenvalue weighted by Crippen LogP contribution is -2.33. The Morgan fingerprint density at radius 3 is 1.71 bits per heavy atom. The fourth-order valence-corrected chi connectivity index (χ4v) is 6.07.